The number of benzene rings is 3. The molecule has 6 heterocycles. The Morgan fingerprint density at radius 3 is 1.72 bits per heavy atom. The minimum Gasteiger partial charge on any atom is -0.363 e. The van der Waals surface area contributed by atoms with Crippen molar-refractivity contribution in [1.29, 1.82) is 0 Å². The summed E-state index contributed by atoms with van der Waals surface area (Å²) in [6.07, 6.45) is 14.0. The lowest BCUT2D eigenvalue weighted by molar-refractivity contribution is -0.124. The third-order valence-electron chi connectivity index (χ3n) is 13.2. The summed E-state index contributed by atoms with van der Waals surface area (Å²) in [5, 5.41) is 28.8. The number of fused-ring (bicyclic) bond motifs is 4. The van der Waals surface area contributed by atoms with Crippen LogP contribution in [0.5, 0.6) is 0 Å². The number of aromatic amines is 1. The molecule has 6 aromatic heterocycles. The second kappa shape index (κ2) is 22.1. The Labute approximate surface area is 441 Å². The summed E-state index contributed by atoms with van der Waals surface area (Å²) in [5.74, 6) is 1.65. The molecule has 2 unspecified atom stereocenters. The summed E-state index contributed by atoms with van der Waals surface area (Å²) in [6, 6.07) is 26.5. The number of aryl methyl sites for hydroxylation is 3. The van der Waals surface area contributed by atoms with Crippen molar-refractivity contribution < 1.29 is 18.0 Å². The number of nitrogens with zero attached hydrogens (tertiary/aromatic N) is 9. The SMILES string of the molecule is CNC(=O)C(C)n1cc(Nc2nc(N[C@H]3CCc4ccccc43)c3cc[nH]c3n2)cn1.CNC(=O)C(C)n1cc(Nc2nc(N[C@H]3CCc4ccccc43)c3ccn(S(=O)(=O)c4ccc(C)cc4)c3n2)cn1.S.S. The maximum absolute atomic E-state index is 13.7. The molecule has 9 aromatic rings. The van der Waals surface area contributed by atoms with Gasteiger partial charge in [0, 0.05) is 38.9 Å². The normalized spacial score (nSPS) is 15.3. The van der Waals surface area contributed by atoms with E-state index in [1.54, 1.807) is 87.7 Å². The van der Waals surface area contributed by atoms with Gasteiger partial charge in [-0.25, -0.2) is 12.4 Å². The molecular formula is C51H58N16O4S3. The second-order valence-electron chi connectivity index (χ2n) is 17.8. The Bertz CT molecular complexity index is 3570. The fraction of sp³-hybridized carbons (Fsp3) is 0.255. The minimum atomic E-state index is -3.93. The lowest BCUT2D eigenvalue weighted by Crippen LogP contribution is -2.27. The van der Waals surface area contributed by atoms with Crippen LogP contribution in [0.4, 0.5) is 34.9 Å². The van der Waals surface area contributed by atoms with Gasteiger partial charge in [0.2, 0.25) is 23.7 Å². The first kappa shape index (κ1) is 52.4. The smallest absolute Gasteiger partial charge is 0.269 e. The van der Waals surface area contributed by atoms with E-state index in [1.165, 1.54) is 37.1 Å². The van der Waals surface area contributed by atoms with Crippen molar-refractivity contribution >= 4 is 106 Å². The van der Waals surface area contributed by atoms with Gasteiger partial charge in [-0.1, -0.05) is 66.2 Å². The first-order valence-corrected chi connectivity index (χ1v) is 25.1. The molecule has 384 valence electrons. The van der Waals surface area contributed by atoms with Gasteiger partial charge >= 0.3 is 0 Å². The number of H-pyrrole nitrogens is 1. The van der Waals surface area contributed by atoms with E-state index in [0.717, 1.165) is 48.1 Å². The van der Waals surface area contributed by atoms with Crippen LogP contribution >= 0.6 is 27.0 Å². The minimum absolute atomic E-state index is 0. The number of anilines is 6. The molecule has 0 saturated carbocycles. The third kappa shape index (κ3) is 10.6. The highest BCUT2D eigenvalue weighted by Crippen LogP contribution is 2.38. The van der Waals surface area contributed by atoms with E-state index in [-0.39, 0.29) is 67.4 Å². The molecule has 4 atom stereocenters. The zero-order valence-electron chi connectivity index (χ0n) is 41.3. The molecule has 2 aliphatic carbocycles. The second-order valence-corrected chi connectivity index (χ2v) is 19.6. The molecule has 0 aliphatic heterocycles. The third-order valence-corrected chi connectivity index (χ3v) is 14.8. The molecule has 74 heavy (non-hydrogen) atoms. The first-order valence-electron chi connectivity index (χ1n) is 23.7. The molecule has 2 amide bonds. The van der Waals surface area contributed by atoms with Crippen LogP contribution in [0.3, 0.4) is 0 Å². The van der Waals surface area contributed by atoms with Gasteiger partial charge in [0.05, 0.1) is 51.5 Å². The van der Waals surface area contributed by atoms with E-state index in [4.69, 9.17) is 9.97 Å². The molecule has 0 saturated heterocycles. The van der Waals surface area contributed by atoms with Gasteiger partial charge in [0.1, 0.15) is 29.4 Å². The van der Waals surface area contributed by atoms with Crippen molar-refractivity contribution in [3.63, 3.8) is 0 Å². The van der Waals surface area contributed by atoms with E-state index >= 15 is 0 Å². The van der Waals surface area contributed by atoms with E-state index in [9.17, 15) is 18.0 Å². The number of carbonyl (C=O) groups is 2. The van der Waals surface area contributed by atoms with Crippen LogP contribution in [0.25, 0.3) is 22.1 Å². The number of carbonyl (C=O) groups excluding carboxylic acids is 2. The zero-order valence-corrected chi connectivity index (χ0v) is 44.1. The average molecular weight is 1060 g/mol. The summed E-state index contributed by atoms with van der Waals surface area (Å²) < 4.78 is 31.7. The van der Waals surface area contributed by atoms with Crippen LogP contribution in [0, 0.1) is 6.92 Å². The Morgan fingerprint density at radius 1 is 0.662 bits per heavy atom. The van der Waals surface area contributed by atoms with Gasteiger partial charge in [-0.2, -0.15) is 57.1 Å². The molecule has 11 rings (SSSR count). The highest BCUT2D eigenvalue weighted by atomic mass is 32.2. The molecular weight excluding hydrogens is 997 g/mol. The van der Waals surface area contributed by atoms with Crippen molar-refractivity contribution in [1.82, 2.24) is 59.1 Å². The van der Waals surface area contributed by atoms with Gasteiger partial charge in [-0.05, 0) is 93.0 Å². The fourth-order valence-electron chi connectivity index (χ4n) is 9.17. The lowest BCUT2D eigenvalue weighted by atomic mass is 10.1. The summed E-state index contributed by atoms with van der Waals surface area (Å²) in [5.41, 5.74) is 8.40. The number of hydrogen-bond acceptors (Lipinski definition) is 14. The molecule has 0 radical (unpaired) electrons. The topological polar surface area (TPSA) is 248 Å². The Kier molecular flexibility index (Phi) is 15.6. The Morgan fingerprint density at radius 2 is 1.18 bits per heavy atom. The van der Waals surface area contributed by atoms with E-state index in [2.05, 4.69) is 93.4 Å². The van der Waals surface area contributed by atoms with E-state index in [1.807, 2.05) is 31.3 Å². The number of aromatic nitrogens is 10. The first-order chi connectivity index (χ1) is 34.9. The van der Waals surface area contributed by atoms with Gasteiger partial charge in [0.15, 0.2) is 5.65 Å². The van der Waals surface area contributed by atoms with Gasteiger partial charge in [-0.3, -0.25) is 19.0 Å². The molecule has 0 spiro atoms. The van der Waals surface area contributed by atoms with E-state index in [0.29, 0.717) is 28.5 Å². The number of rotatable bonds is 14. The van der Waals surface area contributed by atoms with Crippen LogP contribution in [0.15, 0.2) is 127 Å². The summed E-state index contributed by atoms with van der Waals surface area (Å²) in [6.45, 7) is 5.43. The lowest BCUT2D eigenvalue weighted by Gasteiger charge is -2.17. The van der Waals surface area contributed by atoms with Crippen molar-refractivity contribution in [3.05, 3.63) is 150 Å². The quantitative estimate of drug-likeness (QED) is 0.0548. The molecule has 20 nitrogen and oxygen atoms in total. The molecule has 7 N–H and O–H groups in total. The molecule has 0 fully saturated rings. The van der Waals surface area contributed by atoms with Gasteiger partial charge in [-0.15, -0.1) is 0 Å². The monoisotopic (exact) mass is 1050 g/mol. The summed E-state index contributed by atoms with van der Waals surface area (Å²) in [7, 11) is -0.751. The van der Waals surface area contributed by atoms with Crippen molar-refractivity contribution in [2.45, 2.75) is 75.5 Å². The van der Waals surface area contributed by atoms with Gasteiger partial charge in [0.25, 0.3) is 10.0 Å². The largest absolute Gasteiger partial charge is 0.363 e. The van der Waals surface area contributed by atoms with Crippen molar-refractivity contribution in [3.8, 4) is 0 Å². The zero-order chi connectivity index (χ0) is 50.1. The standard InChI is InChI=1S/C29H30N8O3S.C22H24N8O.2H2S/c1-18-8-11-22(12-9-18)41(39,40)37-15-14-24-26(33-25-13-10-20-6-4-5-7-23(20)25)34-29(35-27(24)37)32-21-16-31-36(17-21)19(2)28(38)30-3;1-13(21(31)23-2)30-12-15(11-25-30)26-22-28-19-17(9-10-24-19)20(29-22)27-18-8-7-14-5-3-4-6-16(14)18;;/h4-9,11-12,14-17,19,25H,10,13H2,1-3H3,(H,30,38)(H2,32,33,34,35);3-6,9-13,18H,7-8H2,1-2H3,(H,23,31)(H3,24,26,27,28,29);2*1H2/t19?,25-;13?,18-;;/m00../s1. The van der Waals surface area contributed by atoms with Crippen molar-refractivity contribution in [2.24, 2.45) is 0 Å². The van der Waals surface area contributed by atoms with Crippen LogP contribution in [-0.4, -0.2) is 82.8 Å². The number of hydrogen-bond donors (Lipinski definition) is 7. The van der Waals surface area contributed by atoms with Crippen LogP contribution in [-0.2, 0) is 32.5 Å². The van der Waals surface area contributed by atoms with Crippen LogP contribution < -0.4 is 31.9 Å². The maximum Gasteiger partial charge on any atom is 0.269 e. The summed E-state index contributed by atoms with van der Waals surface area (Å²) >= 11 is 0. The molecule has 0 bridgehead atoms. The Hall–Kier alpha value is -7.89. The summed E-state index contributed by atoms with van der Waals surface area (Å²) in [4.78, 5) is 46.0. The Balaban J connectivity index is 0.000000199. The van der Waals surface area contributed by atoms with Crippen LogP contribution in [0.1, 0.15) is 78.7 Å². The number of likely N-dealkylation sites (N-methyl/N-ethyl adjacent to an activating group) is 2. The molecule has 23 heteroatoms. The van der Waals surface area contributed by atoms with Gasteiger partial charge < -0.3 is 36.9 Å². The predicted molar refractivity (Wildman–Crippen MR) is 297 cm³/mol. The fourth-order valence-corrected chi connectivity index (χ4v) is 10.5. The predicted octanol–water partition coefficient (Wildman–Crippen LogP) is 7.85. The van der Waals surface area contributed by atoms with E-state index < -0.39 is 22.1 Å². The average Bonchev–Trinajstić information content (AvgIpc) is 4.27. The highest BCUT2D eigenvalue weighted by molar-refractivity contribution is 7.90. The number of nitrogens with one attached hydrogen (secondary N) is 7. The maximum atomic E-state index is 13.7. The highest BCUT2D eigenvalue weighted by Gasteiger charge is 2.28. The molecule has 2 aliphatic rings. The number of amides is 2. The van der Waals surface area contributed by atoms with Crippen molar-refractivity contribution in [2.75, 3.05) is 35.4 Å². The van der Waals surface area contributed by atoms with Crippen LogP contribution in [0.2, 0.25) is 0 Å². The molecule has 3 aromatic carbocycles.